The number of methoxy groups -OCH3 is 1. The van der Waals surface area contributed by atoms with Gasteiger partial charge in [-0.1, -0.05) is 23.4 Å². The lowest BCUT2D eigenvalue weighted by atomic mass is 10.1. The molecule has 0 fully saturated rings. The number of hydrogen-bond acceptors (Lipinski definition) is 5. The van der Waals surface area contributed by atoms with Crippen LogP contribution in [-0.4, -0.2) is 23.2 Å². The molecule has 25 heavy (non-hydrogen) atoms. The van der Waals surface area contributed by atoms with Crippen molar-refractivity contribution in [3.63, 3.8) is 0 Å². The van der Waals surface area contributed by atoms with Crippen LogP contribution < -0.4 is 10.1 Å². The number of aryl methyl sites for hydroxylation is 1. The van der Waals surface area contributed by atoms with E-state index in [1.165, 1.54) is 0 Å². The monoisotopic (exact) mass is 337 g/mol. The fraction of sp³-hybridized carbons (Fsp3) is 0.211. The molecule has 1 amide bonds. The third-order valence-corrected chi connectivity index (χ3v) is 3.90. The molecule has 0 aliphatic rings. The highest BCUT2D eigenvalue weighted by molar-refractivity contribution is 5.95. The van der Waals surface area contributed by atoms with E-state index in [4.69, 9.17) is 9.26 Å². The summed E-state index contributed by atoms with van der Waals surface area (Å²) in [7, 11) is 1.61. The molecule has 0 aliphatic heterocycles. The second kappa shape index (κ2) is 7.17. The van der Waals surface area contributed by atoms with Crippen LogP contribution in [0, 0.1) is 6.92 Å². The summed E-state index contributed by atoms with van der Waals surface area (Å²) >= 11 is 0. The maximum Gasteiger partial charge on any atom is 0.252 e. The van der Waals surface area contributed by atoms with Crippen LogP contribution >= 0.6 is 0 Å². The first-order chi connectivity index (χ1) is 12.1. The van der Waals surface area contributed by atoms with Gasteiger partial charge in [0.15, 0.2) is 0 Å². The van der Waals surface area contributed by atoms with Gasteiger partial charge in [-0.05, 0) is 49.7 Å². The molecule has 0 saturated carbocycles. The van der Waals surface area contributed by atoms with Crippen LogP contribution in [0.1, 0.15) is 34.8 Å². The first-order valence-corrected chi connectivity index (χ1v) is 7.93. The van der Waals surface area contributed by atoms with Crippen molar-refractivity contribution in [1.82, 2.24) is 15.5 Å². The first kappa shape index (κ1) is 16.7. The molecule has 1 N–H and O–H groups in total. The molecule has 1 atom stereocenters. The van der Waals surface area contributed by atoms with Gasteiger partial charge in [0.05, 0.1) is 7.11 Å². The minimum Gasteiger partial charge on any atom is -0.497 e. The summed E-state index contributed by atoms with van der Waals surface area (Å²) in [6, 6.07) is 14.4. The highest BCUT2D eigenvalue weighted by atomic mass is 16.5. The Balaban J connectivity index is 1.73. The molecule has 6 nitrogen and oxygen atoms in total. The summed E-state index contributed by atoms with van der Waals surface area (Å²) in [6.45, 7) is 3.70. The van der Waals surface area contributed by atoms with Crippen LogP contribution in [0.25, 0.3) is 11.4 Å². The molecule has 0 bridgehead atoms. The zero-order valence-corrected chi connectivity index (χ0v) is 14.3. The van der Waals surface area contributed by atoms with Crippen molar-refractivity contribution in [2.24, 2.45) is 0 Å². The fourth-order valence-corrected chi connectivity index (χ4v) is 2.43. The largest absolute Gasteiger partial charge is 0.497 e. The average Bonchev–Trinajstić information content (AvgIpc) is 3.12. The van der Waals surface area contributed by atoms with Crippen LogP contribution in [0.5, 0.6) is 5.75 Å². The van der Waals surface area contributed by atoms with E-state index < -0.39 is 6.04 Å². The molecule has 2 aromatic carbocycles. The van der Waals surface area contributed by atoms with Crippen molar-refractivity contribution in [2.45, 2.75) is 19.9 Å². The van der Waals surface area contributed by atoms with Gasteiger partial charge in [0.2, 0.25) is 11.7 Å². The normalized spacial score (nSPS) is 11.8. The SMILES string of the molecule is COc1ccc(-c2noc([C@@H](C)NC(=O)c3ccccc3C)n2)cc1. The number of hydrogen-bond donors (Lipinski definition) is 1. The van der Waals surface area contributed by atoms with Crippen molar-refractivity contribution >= 4 is 5.91 Å². The standard InChI is InChI=1S/C19H19N3O3/c1-12-6-4-5-7-16(12)18(23)20-13(2)19-21-17(22-25-19)14-8-10-15(24-3)11-9-14/h4-11,13H,1-3H3,(H,20,23)/t13-/m1/s1. The van der Waals surface area contributed by atoms with Gasteiger partial charge in [0.25, 0.3) is 5.91 Å². The smallest absolute Gasteiger partial charge is 0.252 e. The molecular weight excluding hydrogens is 318 g/mol. The lowest BCUT2D eigenvalue weighted by molar-refractivity contribution is 0.0932. The van der Waals surface area contributed by atoms with Crippen LogP contribution in [-0.2, 0) is 0 Å². The van der Waals surface area contributed by atoms with E-state index in [-0.39, 0.29) is 5.91 Å². The number of nitrogens with zero attached hydrogens (tertiary/aromatic N) is 2. The average molecular weight is 337 g/mol. The summed E-state index contributed by atoms with van der Waals surface area (Å²) in [5, 5.41) is 6.86. The number of benzene rings is 2. The molecule has 1 heterocycles. The van der Waals surface area contributed by atoms with Gasteiger partial charge in [-0.25, -0.2) is 0 Å². The predicted molar refractivity (Wildman–Crippen MR) is 93.3 cm³/mol. The molecule has 3 rings (SSSR count). The highest BCUT2D eigenvalue weighted by Crippen LogP contribution is 2.21. The Morgan fingerprint density at radius 3 is 2.56 bits per heavy atom. The molecule has 128 valence electrons. The second-order valence-electron chi connectivity index (χ2n) is 5.69. The maximum absolute atomic E-state index is 12.4. The van der Waals surface area contributed by atoms with Crippen LogP contribution in [0.15, 0.2) is 53.1 Å². The molecule has 1 aromatic heterocycles. The third kappa shape index (κ3) is 3.68. The lowest BCUT2D eigenvalue weighted by Gasteiger charge is -2.11. The first-order valence-electron chi connectivity index (χ1n) is 7.93. The number of amides is 1. The summed E-state index contributed by atoms with van der Waals surface area (Å²) in [5.41, 5.74) is 2.36. The summed E-state index contributed by atoms with van der Waals surface area (Å²) in [6.07, 6.45) is 0. The van der Waals surface area contributed by atoms with Gasteiger partial charge in [-0.2, -0.15) is 4.98 Å². The minimum absolute atomic E-state index is 0.171. The number of rotatable bonds is 5. The van der Waals surface area contributed by atoms with E-state index in [9.17, 15) is 4.79 Å². The van der Waals surface area contributed by atoms with Gasteiger partial charge in [0, 0.05) is 11.1 Å². The quantitative estimate of drug-likeness (QED) is 0.770. The van der Waals surface area contributed by atoms with Crippen molar-refractivity contribution in [2.75, 3.05) is 7.11 Å². The van der Waals surface area contributed by atoms with Crippen molar-refractivity contribution in [1.29, 1.82) is 0 Å². The van der Waals surface area contributed by atoms with E-state index >= 15 is 0 Å². The Morgan fingerprint density at radius 1 is 1.16 bits per heavy atom. The maximum atomic E-state index is 12.4. The Bertz CT molecular complexity index is 872. The topological polar surface area (TPSA) is 77.3 Å². The van der Waals surface area contributed by atoms with Crippen molar-refractivity contribution < 1.29 is 14.1 Å². The minimum atomic E-state index is -0.397. The van der Waals surface area contributed by atoms with Crippen molar-refractivity contribution in [3.8, 4) is 17.1 Å². The predicted octanol–water partition coefficient (Wildman–Crippen LogP) is 3.54. The molecule has 3 aromatic rings. The van der Waals surface area contributed by atoms with E-state index in [0.717, 1.165) is 16.9 Å². The summed E-state index contributed by atoms with van der Waals surface area (Å²) in [4.78, 5) is 16.8. The van der Waals surface area contributed by atoms with E-state index in [2.05, 4.69) is 15.5 Å². The summed E-state index contributed by atoms with van der Waals surface area (Å²) < 4.78 is 10.4. The zero-order chi connectivity index (χ0) is 17.8. The molecule has 0 radical (unpaired) electrons. The number of carbonyl (C=O) groups is 1. The van der Waals surface area contributed by atoms with E-state index in [1.54, 1.807) is 13.2 Å². The number of carbonyl (C=O) groups excluding carboxylic acids is 1. The Kier molecular flexibility index (Phi) is 4.79. The lowest BCUT2D eigenvalue weighted by Crippen LogP contribution is -2.27. The van der Waals surface area contributed by atoms with E-state index in [0.29, 0.717) is 17.3 Å². The number of nitrogens with one attached hydrogen (secondary N) is 1. The Labute approximate surface area is 145 Å². The molecule has 0 unspecified atom stereocenters. The van der Waals surface area contributed by atoms with Gasteiger partial charge in [-0.15, -0.1) is 0 Å². The van der Waals surface area contributed by atoms with Gasteiger partial charge < -0.3 is 14.6 Å². The van der Waals surface area contributed by atoms with Crippen LogP contribution in [0.3, 0.4) is 0 Å². The highest BCUT2D eigenvalue weighted by Gasteiger charge is 2.19. The molecule has 6 heteroatoms. The van der Waals surface area contributed by atoms with Gasteiger partial charge in [-0.3, -0.25) is 4.79 Å². The van der Waals surface area contributed by atoms with Crippen LogP contribution in [0.2, 0.25) is 0 Å². The Hall–Kier alpha value is -3.15. The third-order valence-electron chi connectivity index (χ3n) is 3.90. The molecule has 0 saturated heterocycles. The second-order valence-corrected chi connectivity index (χ2v) is 5.69. The summed E-state index contributed by atoms with van der Waals surface area (Å²) in [5.74, 6) is 1.41. The van der Waals surface area contributed by atoms with E-state index in [1.807, 2.05) is 56.3 Å². The zero-order valence-electron chi connectivity index (χ0n) is 14.3. The van der Waals surface area contributed by atoms with Gasteiger partial charge >= 0.3 is 0 Å². The fourth-order valence-electron chi connectivity index (χ4n) is 2.43. The van der Waals surface area contributed by atoms with Crippen molar-refractivity contribution in [3.05, 3.63) is 65.5 Å². The van der Waals surface area contributed by atoms with Gasteiger partial charge in [0.1, 0.15) is 11.8 Å². The number of ether oxygens (including phenoxy) is 1. The van der Waals surface area contributed by atoms with Crippen LogP contribution in [0.4, 0.5) is 0 Å². The molecular formula is C19H19N3O3. The molecule has 0 aliphatic carbocycles. The Morgan fingerprint density at radius 2 is 1.88 bits per heavy atom. The number of aromatic nitrogens is 2. The molecule has 0 spiro atoms.